The van der Waals surface area contributed by atoms with Gasteiger partial charge in [0.25, 0.3) is 5.91 Å². The third-order valence-electron chi connectivity index (χ3n) is 2.81. The molecule has 1 heterocycles. The number of aliphatic carboxylic acids is 1. The molecule has 0 fully saturated rings. The van der Waals surface area contributed by atoms with Gasteiger partial charge in [0.2, 0.25) is 0 Å². The van der Waals surface area contributed by atoms with E-state index in [-0.39, 0.29) is 11.8 Å². The Bertz CT molecular complexity index is 590. The second-order valence-electron chi connectivity index (χ2n) is 4.55. The first-order valence-electron chi connectivity index (χ1n) is 6.52. The number of carbonyl (C=O) groups excluding carboxylic acids is 1. The Balaban J connectivity index is 2.93. The number of carbonyl (C=O) groups is 2. The van der Waals surface area contributed by atoms with E-state index in [2.05, 4.69) is 11.1 Å². The van der Waals surface area contributed by atoms with Crippen molar-refractivity contribution in [2.45, 2.75) is 13.8 Å². The third kappa shape index (κ3) is 5.07. The topological polar surface area (TPSA) is 94.3 Å². The molecule has 0 spiro atoms. The van der Waals surface area contributed by atoms with Crippen molar-refractivity contribution in [1.29, 1.82) is 5.26 Å². The van der Waals surface area contributed by atoms with E-state index in [1.807, 2.05) is 6.92 Å². The first kappa shape index (κ1) is 16.4. The van der Waals surface area contributed by atoms with Gasteiger partial charge in [0.05, 0.1) is 17.6 Å². The Morgan fingerprint density at radius 2 is 2.24 bits per heavy atom. The fourth-order valence-electron chi connectivity index (χ4n) is 1.74. The predicted octanol–water partition coefficient (Wildman–Crippen LogP) is 1.80. The Labute approximate surface area is 123 Å². The summed E-state index contributed by atoms with van der Waals surface area (Å²) in [7, 11) is 0. The third-order valence-corrected chi connectivity index (χ3v) is 2.81. The molecule has 6 heteroatoms. The van der Waals surface area contributed by atoms with E-state index in [9.17, 15) is 9.59 Å². The number of carboxylic acids is 1. The molecule has 0 radical (unpaired) electrons. The zero-order valence-electron chi connectivity index (χ0n) is 12.0. The summed E-state index contributed by atoms with van der Waals surface area (Å²) in [6.07, 6.45) is 5.27. The minimum Gasteiger partial charge on any atom is -0.478 e. The molecule has 1 rings (SSSR count). The van der Waals surface area contributed by atoms with Crippen LogP contribution in [0.4, 0.5) is 0 Å². The van der Waals surface area contributed by atoms with E-state index in [0.717, 1.165) is 6.08 Å². The number of rotatable bonds is 6. The Kier molecular flexibility index (Phi) is 6.08. The van der Waals surface area contributed by atoms with Crippen LogP contribution in [0.3, 0.4) is 0 Å². The van der Waals surface area contributed by atoms with E-state index < -0.39 is 5.97 Å². The highest BCUT2D eigenvalue weighted by Crippen LogP contribution is 2.10. The molecule has 21 heavy (non-hydrogen) atoms. The Morgan fingerprint density at radius 3 is 2.81 bits per heavy atom. The lowest BCUT2D eigenvalue weighted by Crippen LogP contribution is -2.34. The molecule has 0 aromatic carbocycles. The van der Waals surface area contributed by atoms with Crippen LogP contribution >= 0.6 is 0 Å². The highest BCUT2D eigenvalue weighted by molar-refractivity contribution is 5.94. The van der Waals surface area contributed by atoms with E-state index >= 15 is 0 Å². The Morgan fingerprint density at radius 1 is 1.52 bits per heavy atom. The van der Waals surface area contributed by atoms with Gasteiger partial charge in [-0.15, -0.1) is 0 Å². The van der Waals surface area contributed by atoms with Crippen molar-refractivity contribution in [3.8, 4) is 6.07 Å². The number of nitriles is 1. The fraction of sp³-hybridized carbons (Fsp3) is 0.333. The van der Waals surface area contributed by atoms with Crippen molar-refractivity contribution in [2.24, 2.45) is 5.92 Å². The summed E-state index contributed by atoms with van der Waals surface area (Å²) < 4.78 is 0. The van der Waals surface area contributed by atoms with E-state index in [4.69, 9.17) is 10.4 Å². The van der Waals surface area contributed by atoms with Crippen LogP contribution in [0.2, 0.25) is 0 Å². The van der Waals surface area contributed by atoms with Crippen LogP contribution in [0.15, 0.2) is 24.5 Å². The smallest absolute Gasteiger partial charge is 0.328 e. The maximum atomic E-state index is 12.4. The van der Waals surface area contributed by atoms with Crippen LogP contribution in [0.1, 0.15) is 29.8 Å². The molecule has 0 saturated heterocycles. The molecule has 1 aromatic rings. The van der Waals surface area contributed by atoms with Gasteiger partial charge in [0, 0.05) is 31.6 Å². The highest BCUT2D eigenvalue weighted by atomic mass is 16.4. The molecule has 1 N–H and O–H groups in total. The van der Waals surface area contributed by atoms with E-state index in [1.54, 1.807) is 17.9 Å². The van der Waals surface area contributed by atoms with Gasteiger partial charge in [-0.05, 0) is 31.6 Å². The molecule has 0 bridgehead atoms. The van der Waals surface area contributed by atoms with Gasteiger partial charge in [-0.1, -0.05) is 0 Å². The normalized spacial score (nSPS) is 11.9. The molecule has 6 nitrogen and oxygen atoms in total. The van der Waals surface area contributed by atoms with Crippen molar-refractivity contribution in [1.82, 2.24) is 9.88 Å². The number of aromatic nitrogens is 1. The zero-order chi connectivity index (χ0) is 15.8. The summed E-state index contributed by atoms with van der Waals surface area (Å²) in [6.45, 7) is 4.42. The van der Waals surface area contributed by atoms with Crippen LogP contribution < -0.4 is 0 Å². The monoisotopic (exact) mass is 287 g/mol. The predicted molar refractivity (Wildman–Crippen MR) is 77.3 cm³/mol. The van der Waals surface area contributed by atoms with Crippen molar-refractivity contribution < 1.29 is 14.7 Å². The number of hydrogen-bond acceptors (Lipinski definition) is 4. The van der Waals surface area contributed by atoms with Crippen LogP contribution in [-0.2, 0) is 4.79 Å². The van der Waals surface area contributed by atoms with Crippen LogP contribution in [0, 0.1) is 17.2 Å². The molecule has 0 aliphatic carbocycles. The summed E-state index contributed by atoms with van der Waals surface area (Å²) in [5.74, 6) is -1.54. The lowest BCUT2D eigenvalue weighted by molar-refractivity contribution is -0.131. The minimum absolute atomic E-state index is 0.224. The molecule has 1 amide bonds. The first-order valence-corrected chi connectivity index (χ1v) is 6.52. The first-order chi connectivity index (χ1) is 9.97. The van der Waals surface area contributed by atoms with Crippen molar-refractivity contribution in [3.63, 3.8) is 0 Å². The Hall–Kier alpha value is -2.68. The molecule has 0 saturated carbocycles. The van der Waals surface area contributed by atoms with Gasteiger partial charge in [0.15, 0.2) is 0 Å². The van der Waals surface area contributed by atoms with Gasteiger partial charge in [0.1, 0.15) is 0 Å². The number of nitrogens with zero attached hydrogens (tertiary/aromatic N) is 3. The second-order valence-corrected chi connectivity index (χ2v) is 4.55. The second kappa shape index (κ2) is 7.80. The van der Waals surface area contributed by atoms with Crippen LogP contribution in [-0.4, -0.2) is 40.0 Å². The maximum absolute atomic E-state index is 12.4. The van der Waals surface area contributed by atoms with Gasteiger partial charge in [-0.3, -0.25) is 9.78 Å². The molecule has 0 aliphatic rings. The summed E-state index contributed by atoms with van der Waals surface area (Å²) in [6, 6.07) is 3.67. The minimum atomic E-state index is -1.07. The molecule has 110 valence electrons. The summed E-state index contributed by atoms with van der Waals surface area (Å²) in [4.78, 5) is 28.3. The molecule has 1 unspecified atom stereocenters. The molecular formula is C15H17N3O3. The average molecular weight is 287 g/mol. The van der Waals surface area contributed by atoms with Gasteiger partial charge in [-0.2, -0.15) is 5.26 Å². The number of pyridine rings is 1. The van der Waals surface area contributed by atoms with E-state index in [1.165, 1.54) is 18.5 Å². The summed E-state index contributed by atoms with van der Waals surface area (Å²) >= 11 is 0. The largest absolute Gasteiger partial charge is 0.478 e. The SMILES string of the molecule is CCN(CC(C)C#N)C(=O)c1cncc(C=CC(=O)O)c1. The quantitative estimate of drug-likeness (QED) is 0.805. The van der Waals surface area contributed by atoms with E-state index in [0.29, 0.717) is 24.2 Å². The number of amides is 1. The molecular weight excluding hydrogens is 270 g/mol. The average Bonchev–Trinajstić information content (AvgIpc) is 2.49. The maximum Gasteiger partial charge on any atom is 0.328 e. The van der Waals surface area contributed by atoms with Crippen molar-refractivity contribution >= 4 is 18.0 Å². The lowest BCUT2D eigenvalue weighted by Gasteiger charge is -2.21. The number of hydrogen-bond donors (Lipinski definition) is 1. The molecule has 0 aliphatic heterocycles. The van der Waals surface area contributed by atoms with Crippen LogP contribution in [0.25, 0.3) is 6.08 Å². The fourth-order valence-corrected chi connectivity index (χ4v) is 1.74. The number of carboxylic acid groups (broad SMARTS) is 1. The van der Waals surface area contributed by atoms with Crippen molar-refractivity contribution in [3.05, 3.63) is 35.7 Å². The standard InChI is InChI=1S/C15H17N3O3/c1-3-18(10-11(2)7-16)15(21)13-6-12(8-17-9-13)4-5-14(19)20/h4-6,8-9,11H,3,10H2,1-2H3,(H,19,20). The highest BCUT2D eigenvalue weighted by Gasteiger charge is 2.17. The van der Waals surface area contributed by atoms with Crippen molar-refractivity contribution in [2.75, 3.05) is 13.1 Å². The summed E-state index contributed by atoms with van der Waals surface area (Å²) in [5.41, 5.74) is 0.905. The van der Waals surface area contributed by atoms with Gasteiger partial charge < -0.3 is 10.0 Å². The van der Waals surface area contributed by atoms with Gasteiger partial charge in [-0.25, -0.2) is 4.79 Å². The zero-order valence-corrected chi connectivity index (χ0v) is 12.0. The van der Waals surface area contributed by atoms with Gasteiger partial charge >= 0.3 is 5.97 Å². The lowest BCUT2D eigenvalue weighted by atomic mass is 10.1. The molecule has 1 aromatic heterocycles. The summed E-state index contributed by atoms with van der Waals surface area (Å²) in [5, 5.41) is 17.4. The van der Waals surface area contributed by atoms with Crippen LogP contribution in [0.5, 0.6) is 0 Å². The molecule has 1 atom stereocenters.